The van der Waals surface area contributed by atoms with Gasteiger partial charge in [-0.25, -0.2) is 0 Å². The first-order chi connectivity index (χ1) is 10.2. The normalized spacial score (nSPS) is 16.8. The van der Waals surface area contributed by atoms with E-state index in [4.69, 9.17) is 12.2 Å². The van der Waals surface area contributed by atoms with Crippen molar-refractivity contribution in [2.24, 2.45) is 0 Å². The number of hydrogen-bond donors (Lipinski definition) is 0. The summed E-state index contributed by atoms with van der Waals surface area (Å²) in [5, 5.41) is 0. The van der Waals surface area contributed by atoms with Crippen molar-refractivity contribution in [3.63, 3.8) is 0 Å². The van der Waals surface area contributed by atoms with Gasteiger partial charge in [-0.3, -0.25) is 14.7 Å². The predicted octanol–water partition coefficient (Wildman–Crippen LogP) is 4.25. The molecule has 1 aliphatic rings. The number of nitrogens with zero attached hydrogens (tertiary/aromatic N) is 2. The molecule has 1 saturated heterocycles. The Morgan fingerprint density at radius 3 is 2.62 bits per heavy atom. The van der Waals surface area contributed by atoms with E-state index in [1.165, 1.54) is 11.8 Å². The van der Waals surface area contributed by atoms with Crippen LogP contribution in [0.25, 0.3) is 6.08 Å². The molecule has 0 unspecified atom stereocenters. The monoisotopic (exact) mass is 376 g/mol. The van der Waals surface area contributed by atoms with Crippen molar-refractivity contribution in [3.05, 3.63) is 63.7 Å². The lowest BCUT2D eigenvalue weighted by atomic mass is 10.2. The van der Waals surface area contributed by atoms with Gasteiger partial charge < -0.3 is 0 Å². The number of thiocarbonyl (C=S) groups is 1. The first-order valence-corrected chi connectivity index (χ1v) is 8.11. The predicted molar refractivity (Wildman–Crippen MR) is 94.0 cm³/mol. The van der Waals surface area contributed by atoms with Gasteiger partial charge in [-0.2, -0.15) is 0 Å². The average molecular weight is 377 g/mol. The molecular weight excluding hydrogens is 368 g/mol. The van der Waals surface area contributed by atoms with Gasteiger partial charge in [0.15, 0.2) is 4.32 Å². The number of carbonyl (C=O) groups excluding carboxylic acids is 1. The molecule has 3 nitrogen and oxygen atoms in total. The molecule has 0 bridgehead atoms. The quantitative estimate of drug-likeness (QED) is 0.579. The van der Waals surface area contributed by atoms with Crippen molar-refractivity contribution in [3.8, 4) is 0 Å². The first-order valence-electron chi connectivity index (χ1n) is 6.09. The zero-order chi connectivity index (χ0) is 14.8. The van der Waals surface area contributed by atoms with Crippen molar-refractivity contribution in [2.75, 3.05) is 4.90 Å². The number of hydrogen-bond acceptors (Lipinski definition) is 4. The van der Waals surface area contributed by atoms with Crippen molar-refractivity contribution < 1.29 is 4.79 Å². The number of anilines is 1. The molecule has 0 atom stereocenters. The van der Waals surface area contributed by atoms with Gasteiger partial charge in [0.05, 0.1) is 10.6 Å². The van der Waals surface area contributed by atoms with Gasteiger partial charge in [-0.15, -0.1) is 0 Å². The second-order valence-corrected chi connectivity index (χ2v) is 6.78. The van der Waals surface area contributed by atoms with E-state index in [9.17, 15) is 4.79 Å². The number of rotatable bonds is 2. The molecule has 1 aromatic heterocycles. The van der Waals surface area contributed by atoms with Crippen molar-refractivity contribution in [1.82, 2.24) is 4.98 Å². The zero-order valence-corrected chi connectivity index (χ0v) is 13.9. The van der Waals surface area contributed by atoms with Gasteiger partial charge >= 0.3 is 0 Å². The summed E-state index contributed by atoms with van der Waals surface area (Å²) in [5.74, 6) is -0.103. The van der Waals surface area contributed by atoms with Gasteiger partial charge in [0.1, 0.15) is 0 Å². The summed E-state index contributed by atoms with van der Waals surface area (Å²) in [7, 11) is 0. The van der Waals surface area contributed by atoms with Gasteiger partial charge in [-0.05, 0) is 51.8 Å². The lowest BCUT2D eigenvalue weighted by Crippen LogP contribution is -2.27. The number of carbonyl (C=O) groups is 1. The van der Waals surface area contributed by atoms with Crippen LogP contribution in [-0.2, 0) is 4.79 Å². The molecule has 1 aliphatic heterocycles. The molecule has 104 valence electrons. The Morgan fingerprint density at radius 2 is 1.90 bits per heavy atom. The van der Waals surface area contributed by atoms with Gasteiger partial charge in [0.2, 0.25) is 0 Å². The Morgan fingerprint density at radius 1 is 1.19 bits per heavy atom. The Bertz CT molecular complexity index is 746. The van der Waals surface area contributed by atoms with E-state index in [-0.39, 0.29) is 5.91 Å². The Hall–Kier alpha value is -1.50. The van der Waals surface area contributed by atoms with Crippen LogP contribution >= 0.6 is 39.9 Å². The highest BCUT2D eigenvalue weighted by Gasteiger charge is 2.34. The minimum atomic E-state index is -0.103. The maximum atomic E-state index is 12.6. The van der Waals surface area contributed by atoms with E-state index >= 15 is 0 Å². The number of aromatic nitrogens is 1. The van der Waals surface area contributed by atoms with E-state index in [2.05, 4.69) is 20.9 Å². The molecule has 1 aromatic carbocycles. The number of pyridine rings is 1. The third-order valence-corrected chi connectivity index (χ3v) is 4.86. The van der Waals surface area contributed by atoms with Crippen LogP contribution in [0.1, 0.15) is 5.56 Å². The molecule has 0 spiro atoms. The van der Waals surface area contributed by atoms with E-state index < -0.39 is 0 Å². The average Bonchev–Trinajstić information content (AvgIpc) is 2.76. The van der Waals surface area contributed by atoms with Crippen LogP contribution in [0, 0.1) is 0 Å². The molecule has 1 fully saturated rings. The molecule has 2 heterocycles. The lowest BCUT2D eigenvalue weighted by molar-refractivity contribution is -0.113. The van der Waals surface area contributed by atoms with Gasteiger partial charge in [0, 0.05) is 16.9 Å². The van der Waals surface area contributed by atoms with Crippen LogP contribution in [0.5, 0.6) is 0 Å². The number of amides is 1. The SMILES string of the molecule is O=C1/C(=C/c2ccncc2)SC(=S)N1c1ccccc1Br. The highest BCUT2D eigenvalue weighted by atomic mass is 79.9. The maximum absolute atomic E-state index is 12.6. The highest BCUT2D eigenvalue weighted by molar-refractivity contribution is 9.10. The second kappa shape index (κ2) is 6.09. The van der Waals surface area contributed by atoms with Crippen LogP contribution in [0.15, 0.2) is 58.2 Å². The molecule has 3 rings (SSSR count). The molecule has 0 radical (unpaired) electrons. The number of benzene rings is 1. The summed E-state index contributed by atoms with van der Waals surface area (Å²) in [5.41, 5.74) is 1.69. The summed E-state index contributed by atoms with van der Waals surface area (Å²) >= 11 is 10.1. The summed E-state index contributed by atoms with van der Waals surface area (Å²) < 4.78 is 1.37. The van der Waals surface area contributed by atoms with Gasteiger partial charge in [0.25, 0.3) is 5.91 Å². The highest BCUT2D eigenvalue weighted by Crippen LogP contribution is 2.38. The van der Waals surface area contributed by atoms with Crippen LogP contribution in [0.2, 0.25) is 0 Å². The van der Waals surface area contributed by atoms with E-state index in [1.807, 2.05) is 42.5 Å². The van der Waals surface area contributed by atoms with Gasteiger partial charge in [-0.1, -0.05) is 36.1 Å². The minimum Gasteiger partial charge on any atom is -0.268 e. The van der Waals surface area contributed by atoms with Crippen LogP contribution < -0.4 is 4.90 Å². The maximum Gasteiger partial charge on any atom is 0.270 e. The second-order valence-electron chi connectivity index (χ2n) is 4.25. The fourth-order valence-corrected chi connectivity index (χ4v) is 3.67. The van der Waals surface area contributed by atoms with Crippen molar-refractivity contribution in [2.45, 2.75) is 0 Å². The first kappa shape index (κ1) is 14.4. The molecule has 0 aliphatic carbocycles. The number of halogens is 1. The molecule has 6 heteroatoms. The topological polar surface area (TPSA) is 33.2 Å². The molecular formula is C15H9BrN2OS2. The molecule has 1 amide bonds. The van der Waals surface area contributed by atoms with Crippen LogP contribution in [0.4, 0.5) is 5.69 Å². The van der Waals surface area contributed by atoms with Crippen molar-refractivity contribution in [1.29, 1.82) is 0 Å². The smallest absolute Gasteiger partial charge is 0.268 e. The third kappa shape index (κ3) is 2.92. The van der Waals surface area contributed by atoms with E-state index in [0.29, 0.717) is 9.23 Å². The fraction of sp³-hybridized carbons (Fsp3) is 0. The zero-order valence-electron chi connectivity index (χ0n) is 10.7. The molecule has 21 heavy (non-hydrogen) atoms. The Balaban J connectivity index is 1.97. The molecule has 2 aromatic rings. The van der Waals surface area contributed by atoms with E-state index in [0.717, 1.165) is 15.7 Å². The largest absolute Gasteiger partial charge is 0.270 e. The minimum absolute atomic E-state index is 0.103. The summed E-state index contributed by atoms with van der Waals surface area (Å²) in [6, 6.07) is 11.2. The Kier molecular flexibility index (Phi) is 4.19. The fourth-order valence-electron chi connectivity index (χ4n) is 1.92. The number of para-hydroxylation sites is 1. The van der Waals surface area contributed by atoms with Crippen LogP contribution in [0.3, 0.4) is 0 Å². The standard InChI is InChI=1S/C15H9BrN2OS2/c16-11-3-1-2-4-12(11)18-14(19)13(21-15(18)20)9-10-5-7-17-8-6-10/h1-9H/b13-9-. The van der Waals surface area contributed by atoms with Crippen molar-refractivity contribution >= 4 is 61.9 Å². The molecule has 0 N–H and O–H groups in total. The van der Waals surface area contributed by atoms with E-state index in [1.54, 1.807) is 17.3 Å². The summed E-state index contributed by atoms with van der Waals surface area (Å²) in [4.78, 5) is 18.7. The number of thioether (sulfide) groups is 1. The molecule has 0 saturated carbocycles. The summed E-state index contributed by atoms with van der Waals surface area (Å²) in [6.07, 6.45) is 5.22. The Labute approximate surface area is 140 Å². The third-order valence-electron chi connectivity index (χ3n) is 2.89. The summed E-state index contributed by atoms with van der Waals surface area (Å²) in [6.45, 7) is 0. The lowest BCUT2D eigenvalue weighted by Gasteiger charge is -2.15. The van der Waals surface area contributed by atoms with Crippen LogP contribution in [-0.4, -0.2) is 15.2 Å².